The maximum Gasteiger partial charge on any atom is 0.433 e. The minimum atomic E-state index is -4.44. The number of rotatable bonds is 4. The minimum Gasteiger partial charge on any atom is -0.370 e. The number of sulfonamides is 1. The maximum absolute atomic E-state index is 12.5. The molecule has 0 aromatic carbocycles. The second-order valence-electron chi connectivity index (χ2n) is 6.38. The van der Waals surface area contributed by atoms with E-state index in [4.69, 9.17) is 0 Å². The van der Waals surface area contributed by atoms with Crippen LogP contribution in [0.25, 0.3) is 0 Å². The van der Waals surface area contributed by atoms with E-state index in [0.29, 0.717) is 31.6 Å². The van der Waals surface area contributed by atoms with Crippen molar-refractivity contribution in [3.05, 3.63) is 24.0 Å². The molecule has 0 unspecified atom stereocenters. The lowest BCUT2D eigenvalue weighted by molar-refractivity contribution is -0.141. The van der Waals surface area contributed by atoms with Gasteiger partial charge in [0.1, 0.15) is 5.69 Å². The summed E-state index contributed by atoms with van der Waals surface area (Å²) in [7, 11) is -1.56. The van der Waals surface area contributed by atoms with Crippen molar-refractivity contribution >= 4 is 15.7 Å². The molecule has 2 heterocycles. The maximum atomic E-state index is 12.5. The van der Waals surface area contributed by atoms with Crippen LogP contribution in [0.1, 0.15) is 31.4 Å². The molecule has 1 saturated carbocycles. The number of aromatic nitrogens is 1. The Bertz CT molecular complexity index is 679. The average molecular weight is 363 g/mol. The van der Waals surface area contributed by atoms with Gasteiger partial charge in [0.05, 0.1) is 17.1 Å². The molecule has 2 fully saturated rings. The number of hydrogen-bond acceptors (Lipinski definition) is 4. The molecule has 5 nitrogen and oxygen atoms in total. The molecule has 1 aromatic heterocycles. The summed E-state index contributed by atoms with van der Waals surface area (Å²) >= 11 is 0. The van der Waals surface area contributed by atoms with Crippen LogP contribution in [0.15, 0.2) is 18.3 Å². The third-order valence-electron chi connectivity index (χ3n) is 4.73. The molecule has 0 N–H and O–H groups in total. The van der Waals surface area contributed by atoms with Crippen molar-refractivity contribution in [1.82, 2.24) is 9.29 Å². The van der Waals surface area contributed by atoms with E-state index >= 15 is 0 Å². The summed E-state index contributed by atoms with van der Waals surface area (Å²) < 4.78 is 63.7. The molecular weight excluding hydrogens is 343 g/mol. The van der Waals surface area contributed by atoms with Gasteiger partial charge in [0.25, 0.3) is 0 Å². The average Bonchev–Trinajstić information content (AvgIpc) is 3.39. The molecule has 2 aliphatic rings. The third-order valence-corrected chi connectivity index (χ3v) is 7.14. The van der Waals surface area contributed by atoms with Crippen molar-refractivity contribution in [3.63, 3.8) is 0 Å². The van der Waals surface area contributed by atoms with E-state index in [1.165, 1.54) is 16.6 Å². The van der Waals surface area contributed by atoms with Gasteiger partial charge in [0.15, 0.2) is 0 Å². The highest BCUT2D eigenvalue weighted by atomic mass is 32.2. The zero-order chi connectivity index (χ0) is 17.5. The molecule has 0 spiro atoms. The number of anilines is 1. The van der Waals surface area contributed by atoms with Gasteiger partial charge in [-0.05, 0) is 37.8 Å². The van der Waals surface area contributed by atoms with Crippen molar-refractivity contribution in [1.29, 1.82) is 0 Å². The van der Waals surface area contributed by atoms with Crippen molar-refractivity contribution in [2.45, 2.75) is 43.2 Å². The number of halogens is 3. The van der Waals surface area contributed by atoms with E-state index < -0.39 is 21.9 Å². The lowest BCUT2D eigenvalue weighted by Gasteiger charge is -2.37. The molecule has 134 valence electrons. The Morgan fingerprint density at radius 2 is 1.79 bits per heavy atom. The molecule has 1 aliphatic heterocycles. The van der Waals surface area contributed by atoms with Crippen LogP contribution in [0.3, 0.4) is 0 Å². The van der Waals surface area contributed by atoms with E-state index in [-0.39, 0.29) is 11.3 Å². The van der Waals surface area contributed by atoms with Gasteiger partial charge in [-0.1, -0.05) is 0 Å². The van der Waals surface area contributed by atoms with Crippen LogP contribution in [-0.4, -0.2) is 49.1 Å². The summed E-state index contributed by atoms with van der Waals surface area (Å²) in [6.07, 6.45) is -0.419. The first-order valence-electron chi connectivity index (χ1n) is 7.94. The fourth-order valence-corrected chi connectivity index (χ4v) is 4.87. The molecule has 0 radical (unpaired) electrons. The Balaban J connectivity index is 1.61. The summed E-state index contributed by atoms with van der Waals surface area (Å²) in [6.45, 7) is 1.20. The Hall–Kier alpha value is -1.35. The Kier molecular flexibility index (Phi) is 4.50. The molecule has 0 bridgehead atoms. The van der Waals surface area contributed by atoms with Crippen molar-refractivity contribution in [3.8, 4) is 0 Å². The smallest absolute Gasteiger partial charge is 0.370 e. The van der Waals surface area contributed by atoms with E-state index in [9.17, 15) is 21.6 Å². The third kappa shape index (κ3) is 3.51. The van der Waals surface area contributed by atoms with Gasteiger partial charge in [-0.2, -0.15) is 13.2 Å². The predicted octanol–water partition coefficient (Wildman–Crippen LogP) is 2.49. The molecule has 0 atom stereocenters. The van der Waals surface area contributed by atoms with Crippen LogP contribution in [0.2, 0.25) is 0 Å². The monoisotopic (exact) mass is 363 g/mol. The van der Waals surface area contributed by atoms with E-state index in [2.05, 4.69) is 4.98 Å². The van der Waals surface area contributed by atoms with Gasteiger partial charge in [-0.25, -0.2) is 17.7 Å². The first kappa shape index (κ1) is 17.5. The molecule has 1 saturated heterocycles. The standard InChI is InChI=1S/C15H20F3N3O2S/c1-20(24(22,23)13-3-4-13)11-6-8-21(9-7-11)12-2-5-14(19-10-12)15(16,17)18/h2,5,10-11,13H,3-4,6-9H2,1H3. The molecule has 1 aromatic rings. The van der Waals surface area contributed by atoms with Crippen LogP contribution >= 0.6 is 0 Å². The highest BCUT2D eigenvalue weighted by Crippen LogP contribution is 2.33. The predicted molar refractivity (Wildman–Crippen MR) is 84.2 cm³/mol. The fraction of sp³-hybridized carbons (Fsp3) is 0.667. The summed E-state index contributed by atoms with van der Waals surface area (Å²) in [6, 6.07) is 2.35. The minimum absolute atomic E-state index is 0.0470. The fourth-order valence-electron chi connectivity index (χ4n) is 3.04. The Morgan fingerprint density at radius 1 is 1.17 bits per heavy atom. The molecule has 1 aliphatic carbocycles. The summed E-state index contributed by atoms with van der Waals surface area (Å²) in [4.78, 5) is 5.42. The summed E-state index contributed by atoms with van der Waals surface area (Å²) in [5, 5.41) is -0.223. The number of nitrogens with zero attached hydrogens (tertiary/aromatic N) is 3. The Labute approximate surface area is 139 Å². The second-order valence-corrected chi connectivity index (χ2v) is 8.65. The van der Waals surface area contributed by atoms with Gasteiger partial charge in [0.2, 0.25) is 10.0 Å². The van der Waals surface area contributed by atoms with Gasteiger partial charge < -0.3 is 4.90 Å². The first-order chi connectivity index (χ1) is 11.2. The Morgan fingerprint density at radius 3 is 2.25 bits per heavy atom. The van der Waals surface area contributed by atoms with Gasteiger partial charge in [-0.15, -0.1) is 0 Å². The molecule has 9 heteroatoms. The van der Waals surface area contributed by atoms with E-state index in [1.54, 1.807) is 7.05 Å². The zero-order valence-corrected chi connectivity index (χ0v) is 14.1. The lowest BCUT2D eigenvalue weighted by atomic mass is 10.0. The number of piperidine rings is 1. The van der Waals surface area contributed by atoms with Crippen molar-refractivity contribution in [2.75, 3.05) is 25.0 Å². The van der Waals surface area contributed by atoms with Crippen LogP contribution < -0.4 is 4.90 Å². The molecular formula is C15H20F3N3O2S. The first-order valence-corrected chi connectivity index (χ1v) is 9.45. The summed E-state index contributed by atoms with van der Waals surface area (Å²) in [5.41, 5.74) is -0.273. The molecule has 0 amide bonds. The molecule has 24 heavy (non-hydrogen) atoms. The van der Waals surface area contributed by atoms with Crippen molar-refractivity contribution < 1.29 is 21.6 Å². The van der Waals surface area contributed by atoms with Crippen LogP contribution in [0.5, 0.6) is 0 Å². The van der Waals surface area contributed by atoms with Crippen LogP contribution in [0, 0.1) is 0 Å². The topological polar surface area (TPSA) is 53.5 Å². The number of pyridine rings is 1. The highest BCUT2D eigenvalue weighted by molar-refractivity contribution is 7.90. The zero-order valence-electron chi connectivity index (χ0n) is 13.3. The molecule has 3 rings (SSSR count). The van der Waals surface area contributed by atoms with Crippen molar-refractivity contribution in [2.24, 2.45) is 0 Å². The number of alkyl halides is 3. The van der Waals surface area contributed by atoms with Gasteiger partial charge in [0, 0.05) is 26.2 Å². The second kappa shape index (κ2) is 6.18. The number of hydrogen-bond donors (Lipinski definition) is 0. The van der Waals surface area contributed by atoms with Crippen LogP contribution in [0.4, 0.5) is 18.9 Å². The van der Waals surface area contributed by atoms with Gasteiger partial charge >= 0.3 is 6.18 Å². The van der Waals surface area contributed by atoms with E-state index in [1.807, 2.05) is 4.90 Å². The lowest BCUT2D eigenvalue weighted by Crippen LogP contribution is -2.46. The largest absolute Gasteiger partial charge is 0.433 e. The highest BCUT2D eigenvalue weighted by Gasteiger charge is 2.41. The SMILES string of the molecule is CN(C1CCN(c2ccc(C(F)(F)F)nc2)CC1)S(=O)(=O)C1CC1. The van der Waals surface area contributed by atoms with Crippen LogP contribution in [-0.2, 0) is 16.2 Å². The van der Waals surface area contributed by atoms with E-state index in [0.717, 1.165) is 18.9 Å². The quantitative estimate of drug-likeness (QED) is 0.825. The summed E-state index contributed by atoms with van der Waals surface area (Å²) in [5.74, 6) is 0. The van der Waals surface area contributed by atoms with Gasteiger partial charge in [-0.3, -0.25) is 0 Å². The normalized spacial score (nSPS) is 20.6.